The Hall–Kier alpha value is -2.86. The summed E-state index contributed by atoms with van der Waals surface area (Å²) in [5.74, 6) is -0.920. The molecule has 0 heterocycles. The Bertz CT molecular complexity index is 665. The number of hydrogen-bond donors (Lipinski definition) is 2. The molecule has 0 saturated heterocycles. The standard InChI is InChI=1S/C15H15F3N4O2/c16-15(17,18)12-3-1-4-13(7-12)21-14(24)11(8-20)9-22(10-23)6-2-5-19/h1,3-4,7,9-10H,2,5-6,19H2,(H,21,24)/b11-9-. The number of nitriles is 1. The molecule has 0 atom stereocenters. The van der Waals surface area contributed by atoms with E-state index in [9.17, 15) is 22.8 Å². The molecule has 9 heteroatoms. The van der Waals surface area contributed by atoms with E-state index in [1.54, 1.807) is 6.07 Å². The van der Waals surface area contributed by atoms with E-state index < -0.39 is 23.2 Å². The SMILES string of the molecule is N#C/C(=C/N(C=O)CCCN)C(=O)Nc1cccc(C(F)(F)F)c1. The molecule has 0 saturated carbocycles. The van der Waals surface area contributed by atoms with Gasteiger partial charge in [0, 0.05) is 18.4 Å². The first kappa shape index (κ1) is 19.2. The Morgan fingerprint density at radius 3 is 2.67 bits per heavy atom. The number of amides is 2. The zero-order valence-electron chi connectivity index (χ0n) is 12.5. The fourth-order valence-corrected chi connectivity index (χ4v) is 1.70. The van der Waals surface area contributed by atoms with E-state index in [1.165, 1.54) is 6.07 Å². The second kappa shape index (κ2) is 8.69. The second-order valence-corrected chi connectivity index (χ2v) is 4.67. The number of hydrogen-bond acceptors (Lipinski definition) is 4. The highest BCUT2D eigenvalue weighted by Crippen LogP contribution is 2.30. The third kappa shape index (κ3) is 5.73. The highest BCUT2D eigenvalue weighted by Gasteiger charge is 2.30. The number of nitrogens with one attached hydrogen (secondary N) is 1. The molecule has 2 amide bonds. The van der Waals surface area contributed by atoms with Gasteiger partial charge in [-0.05, 0) is 31.2 Å². The number of benzene rings is 1. The summed E-state index contributed by atoms with van der Waals surface area (Å²) in [6.07, 6.45) is -2.65. The van der Waals surface area contributed by atoms with Gasteiger partial charge in [0.15, 0.2) is 0 Å². The van der Waals surface area contributed by atoms with Crippen molar-refractivity contribution in [3.05, 3.63) is 41.6 Å². The molecule has 1 rings (SSSR count). The van der Waals surface area contributed by atoms with Gasteiger partial charge < -0.3 is 16.0 Å². The summed E-state index contributed by atoms with van der Waals surface area (Å²) in [7, 11) is 0. The average Bonchev–Trinajstić information content (AvgIpc) is 2.54. The predicted molar refractivity (Wildman–Crippen MR) is 80.2 cm³/mol. The van der Waals surface area contributed by atoms with E-state index in [2.05, 4.69) is 5.32 Å². The smallest absolute Gasteiger partial charge is 0.330 e. The molecule has 0 spiro atoms. The molecular formula is C15H15F3N4O2. The topological polar surface area (TPSA) is 99.2 Å². The molecule has 128 valence electrons. The summed E-state index contributed by atoms with van der Waals surface area (Å²) in [6, 6.07) is 5.60. The third-order valence-electron chi connectivity index (χ3n) is 2.86. The summed E-state index contributed by atoms with van der Waals surface area (Å²) >= 11 is 0. The summed E-state index contributed by atoms with van der Waals surface area (Å²) < 4.78 is 37.9. The quantitative estimate of drug-likeness (QED) is 0.449. The van der Waals surface area contributed by atoms with Crippen LogP contribution in [0.25, 0.3) is 0 Å². The third-order valence-corrected chi connectivity index (χ3v) is 2.86. The van der Waals surface area contributed by atoms with Crippen molar-refractivity contribution in [3.63, 3.8) is 0 Å². The van der Waals surface area contributed by atoms with Crippen LogP contribution in [0.2, 0.25) is 0 Å². The van der Waals surface area contributed by atoms with Gasteiger partial charge in [-0.2, -0.15) is 18.4 Å². The number of carbonyl (C=O) groups is 2. The predicted octanol–water partition coefficient (Wildman–Crippen LogP) is 1.86. The van der Waals surface area contributed by atoms with Gasteiger partial charge in [-0.1, -0.05) is 6.07 Å². The molecule has 24 heavy (non-hydrogen) atoms. The molecule has 0 radical (unpaired) electrons. The summed E-state index contributed by atoms with van der Waals surface area (Å²) in [4.78, 5) is 23.9. The molecule has 3 N–H and O–H groups in total. The number of anilines is 1. The number of halogens is 3. The molecule has 6 nitrogen and oxygen atoms in total. The van der Waals surface area contributed by atoms with E-state index in [4.69, 9.17) is 11.0 Å². The number of carbonyl (C=O) groups excluding carboxylic acids is 2. The molecule has 0 unspecified atom stereocenters. The lowest BCUT2D eigenvalue weighted by Crippen LogP contribution is -2.22. The van der Waals surface area contributed by atoms with Crippen LogP contribution in [0.15, 0.2) is 36.0 Å². The van der Waals surface area contributed by atoms with Crippen molar-refractivity contribution in [3.8, 4) is 6.07 Å². The Morgan fingerprint density at radius 2 is 2.12 bits per heavy atom. The maximum absolute atomic E-state index is 12.6. The van der Waals surface area contributed by atoms with Gasteiger partial charge in [-0.15, -0.1) is 0 Å². The van der Waals surface area contributed by atoms with Gasteiger partial charge in [0.25, 0.3) is 5.91 Å². The monoisotopic (exact) mass is 340 g/mol. The van der Waals surface area contributed by atoms with Gasteiger partial charge >= 0.3 is 6.18 Å². The van der Waals surface area contributed by atoms with Crippen LogP contribution >= 0.6 is 0 Å². The van der Waals surface area contributed by atoms with Crippen LogP contribution in [-0.2, 0) is 15.8 Å². The largest absolute Gasteiger partial charge is 0.416 e. The lowest BCUT2D eigenvalue weighted by molar-refractivity contribution is -0.137. The van der Waals surface area contributed by atoms with Crippen molar-refractivity contribution in [2.24, 2.45) is 5.73 Å². The lowest BCUT2D eigenvalue weighted by atomic mass is 10.2. The van der Waals surface area contributed by atoms with Crippen LogP contribution in [0.3, 0.4) is 0 Å². The van der Waals surface area contributed by atoms with Gasteiger partial charge in [-0.3, -0.25) is 9.59 Å². The Labute approximate surface area is 136 Å². The number of nitrogens with zero attached hydrogens (tertiary/aromatic N) is 2. The van der Waals surface area contributed by atoms with Crippen LogP contribution in [0.1, 0.15) is 12.0 Å². The van der Waals surface area contributed by atoms with E-state index in [0.717, 1.165) is 29.3 Å². The van der Waals surface area contributed by atoms with E-state index in [-0.39, 0.29) is 12.2 Å². The molecule has 0 aromatic heterocycles. The van der Waals surface area contributed by atoms with Crippen molar-refractivity contribution < 1.29 is 22.8 Å². The lowest BCUT2D eigenvalue weighted by Gasteiger charge is -2.13. The van der Waals surface area contributed by atoms with Crippen molar-refractivity contribution in [1.82, 2.24) is 4.90 Å². The summed E-state index contributed by atoms with van der Waals surface area (Å²) in [5, 5.41) is 11.2. The maximum Gasteiger partial charge on any atom is 0.416 e. The number of rotatable bonds is 7. The molecule has 0 aliphatic carbocycles. The average molecular weight is 340 g/mol. The van der Waals surface area contributed by atoms with Crippen LogP contribution < -0.4 is 11.1 Å². The van der Waals surface area contributed by atoms with Crippen LogP contribution in [0.5, 0.6) is 0 Å². The van der Waals surface area contributed by atoms with Gasteiger partial charge in [0.1, 0.15) is 11.6 Å². The second-order valence-electron chi connectivity index (χ2n) is 4.67. The molecule has 0 aliphatic rings. The van der Waals surface area contributed by atoms with Crippen LogP contribution in [0, 0.1) is 11.3 Å². The van der Waals surface area contributed by atoms with Crippen molar-refractivity contribution in [2.45, 2.75) is 12.6 Å². The van der Waals surface area contributed by atoms with E-state index >= 15 is 0 Å². The minimum Gasteiger partial charge on any atom is -0.330 e. The van der Waals surface area contributed by atoms with E-state index in [0.29, 0.717) is 19.4 Å². The van der Waals surface area contributed by atoms with Crippen molar-refractivity contribution >= 4 is 18.0 Å². The van der Waals surface area contributed by atoms with Gasteiger partial charge in [-0.25, -0.2) is 0 Å². The molecular weight excluding hydrogens is 325 g/mol. The van der Waals surface area contributed by atoms with Crippen LogP contribution in [0.4, 0.5) is 18.9 Å². The molecule has 0 bridgehead atoms. The molecule has 1 aromatic carbocycles. The number of nitrogens with two attached hydrogens (primary N) is 1. The fourth-order valence-electron chi connectivity index (χ4n) is 1.70. The van der Waals surface area contributed by atoms with E-state index in [1.807, 2.05) is 0 Å². The minimum atomic E-state index is -4.55. The minimum absolute atomic E-state index is 0.115. The normalized spacial score (nSPS) is 11.5. The summed E-state index contributed by atoms with van der Waals surface area (Å²) in [5.41, 5.74) is 3.84. The van der Waals surface area contributed by atoms with Crippen molar-refractivity contribution in [2.75, 3.05) is 18.4 Å². The van der Waals surface area contributed by atoms with Crippen molar-refractivity contribution in [1.29, 1.82) is 5.26 Å². The Balaban J connectivity index is 2.92. The molecule has 1 aromatic rings. The van der Waals surface area contributed by atoms with Gasteiger partial charge in [0.2, 0.25) is 6.41 Å². The first-order valence-electron chi connectivity index (χ1n) is 6.83. The fraction of sp³-hybridized carbons (Fsp3) is 0.267. The Morgan fingerprint density at radius 1 is 1.42 bits per heavy atom. The first-order valence-corrected chi connectivity index (χ1v) is 6.83. The number of alkyl halides is 3. The maximum atomic E-state index is 12.6. The highest BCUT2D eigenvalue weighted by molar-refractivity contribution is 6.06. The molecule has 0 aliphatic heterocycles. The molecule has 0 fully saturated rings. The van der Waals surface area contributed by atoms with Gasteiger partial charge in [0.05, 0.1) is 5.56 Å². The van der Waals surface area contributed by atoms with Crippen LogP contribution in [-0.4, -0.2) is 30.3 Å². The highest BCUT2D eigenvalue weighted by atomic mass is 19.4. The zero-order chi connectivity index (χ0) is 18.2. The first-order chi connectivity index (χ1) is 11.3. The summed E-state index contributed by atoms with van der Waals surface area (Å²) in [6.45, 7) is 0.526. The zero-order valence-corrected chi connectivity index (χ0v) is 12.5. The Kier molecular flexibility index (Phi) is 6.95.